The highest BCUT2D eigenvalue weighted by atomic mass is 32.1. The smallest absolute Gasteiger partial charge is 0.142 e. The molecule has 0 spiro atoms. The zero-order valence-electron chi connectivity index (χ0n) is 9.77. The van der Waals surface area contributed by atoms with E-state index in [1.165, 1.54) is 16.1 Å². The summed E-state index contributed by atoms with van der Waals surface area (Å²) < 4.78 is 5.42. The largest absolute Gasteiger partial charge is 0.495 e. The molecule has 0 bridgehead atoms. The van der Waals surface area contributed by atoms with Gasteiger partial charge in [-0.25, -0.2) is 0 Å². The Labute approximate surface area is 105 Å². The number of fused-ring (bicyclic) bond motifs is 1. The minimum atomic E-state index is 0.515. The molecule has 2 aromatic rings. The molecular formula is C14H15NOS. The van der Waals surface area contributed by atoms with Crippen molar-refractivity contribution in [2.45, 2.75) is 12.3 Å². The van der Waals surface area contributed by atoms with Gasteiger partial charge in [-0.3, -0.25) is 0 Å². The van der Waals surface area contributed by atoms with Crippen LogP contribution in [0.5, 0.6) is 5.75 Å². The molecule has 0 aliphatic carbocycles. The van der Waals surface area contributed by atoms with E-state index in [1.807, 2.05) is 17.4 Å². The number of nitrogens with one attached hydrogen (secondary N) is 1. The fourth-order valence-electron chi connectivity index (χ4n) is 2.48. The lowest BCUT2D eigenvalue weighted by Crippen LogP contribution is -2.17. The van der Waals surface area contributed by atoms with Crippen molar-refractivity contribution in [3.63, 3.8) is 0 Å². The monoisotopic (exact) mass is 245 g/mol. The summed E-state index contributed by atoms with van der Waals surface area (Å²) >= 11 is 1.84. The lowest BCUT2D eigenvalue weighted by atomic mass is 9.89. The van der Waals surface area contributed by atoms with Crippen LogP contribution < -0.4 is 10.1 Å². The Morgan fingerprint density at radius 2 is 2.24 bits per heavy atom. The van der Waals surface area contributed by atoms with Crippen molar-refractivity contribution in [1.29, 1.82) is 0 Å². The molecule has 0 radical (unpaired) electrons. The Hall–Kier alpha value is -1.48. The second kappa shape index (κ2) is 4.41. The second-order valence-corrected chi connectivity index (χ2v) is 5.19. The van der Waals surface area contributed by atoms with E-state index < -0.39 is 0 Å². The number of thiophene rings is 1. The average molecular weight is 245 g/mol. The number of rotatable bonds is 2. The SMILES string of the molecule is COc1cccc2c1NCCC2c1cccs1. The summed E-state index contributed by atoms with van der Waals surface area (Å²) in [7, 11) is 1.73. The van der Waals surface area contributed by atoms with E-state index >= 15 is 0 Å². The van der Waals surface area contributed by atoms with Gasteiger partial charge >= 0.3 is 0 Å². The van der Waals surface area contributed by atoms with Crippen molar-refractivity contribution >= 4 is 17.0 Å². The molecule has 1 atom stereocenters. The molecule has 3 heteroatoms. The number of hydrogen-bond acceptors (Lipinski definition) is 3. The maximum absolute atomic E-state index is 5.42. The zero-order chi connectivity index (χ0) is 11.7. The third-order valence-electron chi connectivity index (χ3n) is 3.28. The van der Waals surface area contributed by atoms with Crippen molar-refractivity contribution < 1.29 is 4.74 Å². The van der Waals surface area contributed by atoms with Crippen LogP contribution in [0.25, 0.3) is 0 Å². The van der Waals surface area contributed by atoms with Crippen LogP contribution in [-0.2, 0) is 0 Å². The molecule has 3 rings (SSSR count). The van der Waals surface area contributed by atoms with Crippen LogP contribution in [0.2, 0.25) is 0 Å². The van der Waals surface area contributed by atoms with Crippen LogP contribution in [0.15, 0.2) is 35.7 Å². The van der Waals surface area contributed by atoms with Crippen LogP contribution in [0.4, 0.5) is 5.69 Å². The molecule has 0 saturated carbocycles. The lowest BCUT2D eigenvalue weighted by molar-refractivity contribution is 0.415. The van der Waals surface area contributed by atoms with E-state index in [4.69, 9.17) is 4.74 Å². The summed E-state index contributed by atoms with van der Waals surface area (Å²) in [6, 6.07) is 10.6. The van der Waals surface area contributed by atoms with Gasteiger partial charge in [-0.15, -0.1) is 11.3 Å². The van der Waals surface area contributed by atoms with E-state index in [9.17, 15) is 0 Å². The molecule has 0 amide bonds. The van der Waals surface area contributed by atoms with E-state index in [0.29, 0.717) is 5.92 Å². The maximum Gasteiger partial charge on any atom is 0.142 e. The molecular weight excluding hydrogens is 230 g/mol. The molecule has 17 heavy (non-hydrogen) atoms. The molecule has 88 valence electrons. The first-order valence-corrected chi connectivity index (χ1v) is 6.72. The fourth-order valence-corrected chi connectivity index (χ4v) is 3.36. The van der Waals surface area contributed by atoms with Gasteiger partial charge in [-0.1, -0.05) is 18.2 Å². The Morgan fingerprint density at radius 3 is 3.00 bits per heavy atom. The van der Waals surface area contributed by atoms with Crippen molar-refractivity contribution in [1.82, 2.24) is 0 Å². The van der Waals surface area contributed by atoms with Gasteiger partial charge in [-0.05, 0) is 29.5 Å². The molecule has 1 N–H and O–H groups in total. The first-order valence-electron chi connectivity index (χ1n) is 5.84. The minimum absolute atomic E-state index is 0.515. The summed E-state index contributed by atoms with van der Waals surface area (Å²) in [6.45, 7) is 1.01. The molecule has 1 aliphatic heterocycles. The van der Waals surface area contributed by atoms with E-state index in [-0.39, 0.29) is 0 Å². The van der Waals surface area contributed by atoms with Gasteiger partial charge in [0.25, 0.3) is 0 Å². The van der Waals surface area contributed by atoms with Gasteiger partial charge in [-0.2, -0.15) is 0 Å². The molecule has 0 saturated heterocycles. The Balaban J connectivity index is 2.08. The van der Waals surface area contributed by atoms with Crippen LogP contribution >= 0.6 is 11.3 Å². The van der Waals surface area contributed by atoms with Gasteiger partial charge in [0, 0.05) is 17.3 Å². The van der Waals surface area contributed by atoms with Crippen LogP contribution in [0, 0.1) is 0 Å². The molecule has 1 unspecified atom stereocenters. The summed E-state index contributed by atoms with van der Waals surface area (Å²) in [5, 5.41) is 5.60. The van der Waals surface area contributed by atoms with Gasteiger partial charge in [0.05, 0.1) is 12.8 Å². The highest BCUT2D eigenvalue weighted by Gasteiger charge is 2.24. The average Bonchev–Trinajstić information content (AvgIpc) is 2.91. The van der Waals surface area contributed by atoms with Gasteiger partial charge in [0.1, 0.15) is 5.75 Å². The van der Waals surface area contributed by atoms with Crippen molar-refractivity contribution in [2.24, 2.45) is 0 Å². The molecule has 1 aromatic carbocycles. The Kier molecular flexibility index (Phi) is 2.77. The highest BCUT2D eigenvalue weighted by Crippen LogP contribution is 2.42. The third kappa shape index (κ3) is 1.80. The fraction of sp³-hybridized carbons (Fsp3) is 0.286. The first kappa shape index (κ1) is 10.7. The Bertz CT molecular complexity index is 507. The predicted molar refractivity (Wildman–Crippen MR) is 72.3 cm³/mol. The van der Waals surface area contributed by atoms with Crippen molar-refractivity contribution in [2.75, 3.05) is 19.0 Å². The number of hydrogen-bond donors (Lipinski definition) is 1. The second-order valence-electron chi connectivity index (χ2n) is 4.21. The van der Waals surface area contributed by atoms with E-state index in [1.54, 1.807) is 7.11 Å². The number of methoxy groups -OCH3 is 1. The Morgan fingerprint density at radius 1 is 1.29 bits per heavy atom. The molecule has 0 fully saturated rings. The van der Waals surface area contributed by atoms with Crippen LogP contribution in [0.3, 0.4) is 0 Å². The first-order chi connectivity index (χ1) is 8.40. The van der Waals surface area contributed by atoms with E-state index in [0.717, 1.165) is 18.7 Å². The zero-order valence-corrected chi connectivity index (χ0v) is 10.6. The minimum Gasteiger partial charge on any atom is -0.495 e. The summed E-state index contributed by atoms with van der Waals surface area (Å²) in [5.74, 6) is 1.46. The topological polar surface area (TPSA) is 21.3 Å². The van der Waals surface area contributed by atoms with E-state index in [2.05, 4.69) is 35.0 Å². The normalized spacial score (nSPS) is 18.3. The number of benzene rings is 1. The summed E-state index contributed by atoms with van der Waals surface area (Å²) in [4.78, 5) is 1.45. The standard InChI is InChI=1S/C14H15NOS/c1-16-12-5-2-4-11-10(7-8-15-14(11)12)13-6-3-9-17-13/h2-6,9-10,15H,7-8H2,1H3. The maximum atomic E-state index is 5.42. The quantitative estimate of drug-likeness (QED) is 0.871. The van der Waals surface area contributed by atoms with Crippen LogP contribution in [-0.4, -0.2) is 13.7 Å². The van der Waals surface area contributed by atoms with Crippen LogP contribution in [0.1, 0.15) is 22.8 Å². The van der Waals surface area contributed by atoms with Gasteiger partial charge in [0.2, 0.25) is 0 Å². The molecule has 2 heterocycles. The number of para-hydroxylation sites is 1. The lowest BCUT2D eigenvalue weighted by Gasteiger charge is -2.27. The number of ether oxygens (including phenoxy) is 1. The predicted octanol–water partition coefficient (Wildman–Crippen LogP) is 3.70. The molecule has 1 aromatic heterocycles. The van der Waals surface area contributed by atoms with Crippen molar-refractivity contribution in [3.05, 3.63) is 46.2 Å². The molecule has 2 nitrogen and oxygen atoms in total. The summed E-state index contributed by atoms with van der Waals surface area (Å²) in [5.41, 5.74) is 2.53. The van der Waals surface area contributed by atoms with Gasteiger partial charge in [0.15, 0.2) is 0 Å². The number of anilines is 1. The van der Waals surface area contributed by atoms with Gasteiger partial charge < -0.3 is 10.1 Å². The summed E-state index contributed by atoms with van der Waals surface area (Å²) in [6.07, 6.45) is 1.15. The van der Waals surface area contributed by atoms with Crippen molar-refractivity contribution in [3.8, 4) is 5.75 Å². The third-order valence-corrected chi connectivity index (χ3v) is 4.26. The highest BCUT2D eigenvalue weighted by molar-refractivity contribution is 7.10. The molecule has 1 aliphatic rings.